The van der Waals surface area contributed by atoms with Crippen molar-refractivity contribution in [1.29, 1.82) is 0 Å². The smallest absolute Gasteiger partial charge is 0.321 e. The number of para-hydroxylation sites is 1. The van der Waals surface area contributed by atoms with Crippen molar-refractivity contribution in [1.82, 2.24) is 10.6 Å². The van der Waals surface area contributed by atoms with Gasteiger partial charge in [-0.3, -0.25) is 14.9 Å². The van der Waals surface area contributed by atoms with Crippen molar-refractivity contribution in [2.75, 3.05) is 6.61 Å². The number of carboxylic acid groups (broad SMARTS) is 1. The molecule has 1 aromatic rings. The lowest BCUT2D eigenvalue weighted by molar-refractivity contribution is -0.136. The predicted molar refractivity (Wildman–Crippen MR) is 75.1 cm³/mol. The molecular weight excluding hydrogens is 276 g/mol. The Labute approximate surface area is 122 Å². The van der Waals surface area contributed by atoms with Gasteiger partial charge < -0.3 is 15.2 Å². The number of imide groups is 1. The van der Waals surface area contributed by atoms with Gasteiger partial charge >= 0.3 is 12.0 Å². The highest BCUT2D eigenvalue weighted by atomic mass is 16.5. The van der Waals surface area contributed by atoms with E-state index in [4.69, 9.17) is 9.84 Å². The van der Waals surface area contributed by atoms with Crippen LogP contribution in [0.25, 0.3) is 0 Å². The summed E-state index contributed by atoms with van der Waals surface area (Å²) in [5, 5.41) is 13.4. The van der Waals surface area contributed by atoms with Crippen molar-refractivity contribution >= 4 is 17.9 Å². The van der Waals surface area contributed by atoms with Gasteiger partial charge in [-0.05, 0) is 19.9 Å². The Morgan fingerprint density at radius 2 is 1.90 bits per heavy atom. The molecule has 3 N–H and O–H groups in total. The number of ether oxygens (including phenoxy) is 1. The van der Waals surface area contributed by atoms with Crippen molar-refractivity contribution < 1.29 is 24.2 Å². The first-order chi connectivity index (χ1) is 9.88. The second kappa shape index (κ2) is 7.88. The standard InChI is InChI=1S/C14H18N2O5/c1-9(2)15-14(20)16-12(17)8-21-11-6-4-3-5-10(11)7-13(18)19/h3-6,9H,7-8H2,1-2H3,(H,18,19)(H2,15,16,17,20). The van der Waals surface area contributed by atoms with E-state index in [2.05, 4.69) is 10.6 Å². The van der Waals surface area contributed by atoms with E-state index in [-0.39, 0.29) is 19.1 Å². The van der Waals surface area contributed by atoms with Gasteiger partial charge in [0.05, 0.1) is 6.42 Å². The quantitative estimate of drug-likeness (QED) is 0.724. The van der Waals surface area contributed by atoms with Gasteiger partial charge in [0.1, 0.15) is 5.75 Å². The lowest BCUT2D eigenvalue weighted by atomic mass is 10.1. The van der Waals surface area contributed by atoms with Crippen LogP contribution in [0.4, 0.5) is 4.79 Å². The fraction of sp³-hybridized carbons (Fsp3) is 0.357. The molecule has 1 rings (SSSR count). The first-order valence-corrected chi connectivity index (χ1v) is 6.41. The summed E-state index contributed by atoms with van der Waals surface area (Å²) in [6.45, 7) is 3.16. The minimum absolute atomic E-state index is 0.0880. The molecule has 0 spiro atoms. The van der Waals surface area contributed by atoms with E-state index in [0.717, 1.165) is 0 Å². The van der Waals surface area contributed by atoms with Gasteiger partial charge in [-0.15, -0.1) is 0 Å². The highest BCUT2D eigenvalue weighted by Gasteiger charge is 2.11. The van der Waals surface area contributed by atoms with E-state index < -0.39 is 17.9 Å². The first-order valence-electron chi connectivity index (χ1n) is 6.41. The van der Waals surface area contributed by atoms with E-state index in [1.807, 2.05) is 0 Å². The average Bonchev–Trinajstić information content (AvgIpc) is 2.35. The van der Waals surface area contributed by atoms with E-state index >= 15 is 0 Å². The SMILES string of the molecule is CC(C)NC(=O)NC(=O)COc1ccccc1CC(=O)O. The maximum Gasteiger partial charge on any atom is 0.321 e. The van der Waals surface area contributed by atoms with Crippen LogP contribution in [0, 0.1) is 0 Å². The lowest BCUT2D eigenvalue weighted by Crippen LogP contribution is -2.44. The van der Waals surface area contributed by atoms with Crippen LogP contribution >= 0.6 is 0 Å². The molecule has 0 bridgehead atoms. The van der Waals surface area contributed by atoms with Gasteiger partial charge in [-0.2, -0.15) is 0 Å². The van der Waals surface area contributed by atoms with Crippen molar-refractivity contribution in [2.45, 2.75) is 26.3 Å². The van der Waals surface area contributed by atoms with E-state index in [0.29, 0.717) is 11.3 Å². The second-order valence-corrected chi connectivity index (χ2v) is 4.64. The molecule has 114 valence electrons. The zero-order chi connectivity index (χ0) is 15.8. The Balaban J connectivity index is 2.53. The van der Waals surface area contributed by atoms with Crippen LogP contribution in [0.2, 0.25) is 0 Å². The summed E-state index contributed by atoms with van der Waals surface area (Å²) >= 11 is 0. The van der Waals surface area contributed by atoms with Crippen LogP contribution in [-0.4, -0.2) is 35.7 Å². The zero-order valence-corrected chi connectivity index (χ0v) is 11.9. The molecule has 0 aliphatic heterocycles. The Kier molecular flexibility index (Phi) is 6.19. The van der Waals surface area contributed by atoms with Crippen LogP contribution in [0.3, 0.4) is 0 Å². The number of urea groups is 1. The number of carbonyl (C=O) groups is 3. The van der Waals surface area contributed by atoms with E-state index in [1.54, 1.807) is 38.1 Å². The molecule has 7 nitrogen and oxygen atoms in total. The minimum atomic E-state index is -0.994. The third-order valence-corrected chi connectivity index (χ3v) is 2.35. The first kappa shape index (κ1) is 16.5. The molecule has 1 aromatic carbocycles. The van der Waals surface area contributed by atoms with Crippen LogP contribution in [0.5, 0.6) is 5.75 Å². The molecule has 0 fully saturated rings. The number of hydrogen-bond acceptors (Lipinski definition) is 4. The Hall–Kier alpha value is -2.57. The Bertz CT molecular complexity index is 528. The Morgan fingerprint density at radius 3 is 2.52 bits per heavy atom. The highest BCUT2D eigenvalue weighted by molar-refractivity contribution is 5.95. The monoisotopic (exact) mass is 294 g/mol. The van der Waals surface area contributed by atoms with Gasteiger partial charge in [0.25, 0.3) is 5.91 Å². The topological polar surface area (TPSA) is 105 Å². The fourth-order valence-corrected chi connectivity index (χ4v) is 1.56. The normalized spacial score (nSPS) is 10.0. The lowest BCUT2D eigenvalue weighted by Gasteiger charge is -2.11. The maximum absolute atomic E-state index is 11.5. The summed E-state index contributed by atoms with van der Waals surface area (Å²) in [7, 11) is 0. The third kappa shape index (κ3) is 6.42. The fourth-order valence-electron chi connectivity index (χ4n) is 1.56. The molecular formula is C14H18N2O5. The van der Waals surface area contributed by atoms with Crippen LogP contribution in [0.15, 0.2) is 24.3 Å². The summed E-state index contributed by atoms with van der Waals surface area (Å²) in [6.07, 6.45) is -0.203. The third-order valence-electron chi connectivity index (χ3n) is 2.35. The molecule has 0 heterocycles. The largest absolute Gasteiger partial charge is 0.483 e. The maximum atomic E-state index is 11.5. The minimum Gasteiger partial charge on any atom is -0.483 e. The molecule has 7 heteroatoms. The van der Waals surface area contributed by atoms with E-state index in [9.17, 15) is 14.4 Å². The average molecular weight is 294 g/mol. The summed E-state index contributed by atoms with van der Waals surface area (Å²) in [5.41, 5.74) is 0.462. The van der Waals surface area contributed by atoms with Gasteiger partial charge in [-0.25, -0.2) is 4.79 Å². The van der Waals surface area contributed by atoms with Crippen molar-refractivity contribution in [2.24, 2.45) is 0 Å². The number of hydrogen-bond donors (Lipinski definition) is 3. The number of nitrogens with one attached hydrogen (secondary N) is 2. The molecule has 0 radical (unpaired) electrons. The molecule has 21 heavy (non-hydrogen) atoms. The molecule has 0 aromatic heterocycles. The zero-order valence-electron chi connectivity index (χ0n) is 11.9. The highest BCUT2D eigenvalue weighted by Crippen LogP contribution is 2.18. The second-order valence-electron chi connectivity index (χ2n) is 4.64. The number of rotatable bonds is 6. The summed E-state index contributed by atoms with van der Waals surface area (Å²) in [5.74, 6) is -1.30. The van der Waals surface area contributed by atoms with Crippen molar-refractivity contribution in [3.63, 3.8) is 0 Å². The van der Waals surface area contributed by atoms with Gasteiger partial charge in [0.2, 0.25) is 0 Å². The Morgan fingerprint density at radius 1 is 1.24 bits per heavy atom. The summed E-state index contributed by atoms with van der Waals surface area (Å²) < 4.78 is 5.25. The number of carboxylic acids is 1. The van der Waals surface area contributed by atoms with Crippen molar-refractivity contribution in [3.8, 4) is 5.75 Å². The number of amides is 3. The summed E-state index contributed by atoms with van der Waals surface area (Å²) in [6, 6.07) is 5.84. The molecule has 0 aliphatic carbocycles. The van der Waals surface area contributed by atoms with Crippen LogP contribution < -0.4 is 15.4 Å². The number of benzene rings is 1. The molecule has 0 saturated heterocycles. The predicted octanol–water partition coefficient (Wildman–Crippen LogP) is 0.927. The molecule has 3 amide bonds. The van der Waals surface area contributed by atoms with Crippen LogP contribution in [0.1, 0.15) is 19.4 Å². The van der Waals surface area contributed by atoms with E-state index in [1.165, 1.54) is 0 Å². The van der Waals surface area contributed by atoms with Gasteiger partial charge in [-0.1, -0.05) is 18.2 Å². The van der Waals surface area contributed by atoms with Gasteiger partial charge in [0.15, 0.2) is 6.61 Å². The van der Waals surface area contributed by atoms with Gasteiger partial charge in [0, 0.05) is 11.6 Å². The molecule has 0 aliphatic rings. The number of carbonyl (C=O) groups excluding carboxylic acids is 2. The van der Waals surface area contributed by atoms with Crippen molar-refractivity contribution in [3.05, 3.63) is 29.8 Å². The summed E-state index contributed by atoms with van der Waals surface area (Å²) in [4.78, 5) is 33.6. The number of aliphatic carboxylic acids is 1. The molecule has 0 unspecified atom stereocenters. The molecule has 0 atom stereocenters. The van der Waals surface area contributed by atoms with Crippen LogP contribution in [-0.2, 0) is 16.0 Å². The molecule has 0 saturated carbocycles.